The quantitative estimate of drug-likeness (QED) is 0.286. The first kappa shape index (κ1) is 27.2. The minimum absolute atomic E-state index is 0.0506. The molecule has 7 nitrogen and oxygen atoms in total. The molecule has 3 saturated heterocycles. The average molecular weight is 582 g/mol. The summed E-state index contributed by atoms with van der Waals surface area (Å²) in [5.74, 6) is -4.47. The van der Waals surface area contributed by atoms with E-state index < -0.39 is 23.0 Å². The molecule has 1 unspecified atom stereocenters. The van der Waals surface area contributed by atoms with Gasteiger partial charge in [-0.05, 0) is 61.5 Å². The van der Waals surface area contributed by atoms with Crippen LogP contribution in [0.3, 0.4) is 0 Å². The highest BCUT2D eigenvalue weighted by molar-refractivity contribution is 6.01. The topological polar surface area (TPSA) is 73.8 Å². The number of ether oxygens (including phenoxy) is 1. The van der Waals surface area contributed by atoms with E-state index in [4.69, 9.17) is 4.74 Å². The lowest BCUT2D eigenvalue weighted by molar-refractivity contribution is 0.0288. The highest BCUT2D eigenvalue weighted by Gasteiger charge is 2.71. The van der Waals surface area contributed by atoms with Crippen LogP contribution in [0.15, 0.2) is 42.5 Å². The van der Waals surface area contributed by atoms with Crippen molar-refractivity contribution >= 4 is 27.5 Å². The number of rotatable bonds is 7. The highest BCUT2D eigenvalue weighted by atomic mass is 19.3. The van der Waals surface area contributed by atoms with Gasteiger partial charge < -0.3 is 25.0 Å². The van der Waals surface area contributed by atoms with Gasteiger partial charge in [-0.25, -0.2) is 17.6 Å². The van der Waals surface area contributed by atoms with Crippen LogP contribution in [0.2, 0.25) is 0 Å². The molecule has 3 atom stereocenters. The van der Waals surface area contributed by atoms with Gasteiger partial charge in [0, 0.05) is 43.5 Å². The molecule has 2 bridgehead atoms. The summed E-state index contributed by atoms with van der Waals surface area (Å²) in [4.78, 5) is 12.6. The van der Waals surface area contributed by atoms with E-state index >= 15 is 8.78 Å². The van der Waals surface area contributed by atoms with Crippen LogP contribution in [-0.2, 0) is 0 Å². The van der Waals surface area contributed by atoms with E-state index in [1.165, 1.54) is 18.2 Å². The zero-order chi connectivity index (χ0) is 29.4. The third-order valence-corrected chi connectivity index (χ3v) is 8.89. The lowest BCUT2D eigenvalue weighted by Crippen LogP contribution is -2.61. The molecular formula is C31H31F4N5O2. The summed E-state index contributed by atoms with van der Waals surface area (Å²) in [6.07, 6.45) is 1.54. The molecule has 0 amide bonds. The Labute approximate surface area is 240 Å². The molecule has 8 rings (SSSR count). The Morgan fingerprint density at radius 3 is 2.55 bits per heavy atom. The normalized spacial score (nSPS) is 24.6. The summed E-state index contributed by atoms with van der Waals surface area (Å²) in [7, 11) is 3.44. The number of aromatic nitrogens is 2. The van der Waals surface area contributed by atoms with Crippen LogP contribution in [0.5, 0.6) is 11.8 Å². The number of phenols is 1. The van der Waals surface area contributed by atoms with Crippen molar-refractivity contribution in [2.75, 3.05) is 45.2 Å². The Morgan fingerprint density at radius 2 is 1.88 bits per heavy atom. The van der Waals surface area contributed by atoms with Crippen molar-refractivity contribution < 1.29 is 27.4 Å². The van der Waals surface area contributed by atoms with E-state index in [1.807, 2.05) is 4.90 Å². The first-order chi connectivity index (χ1) is 20.0. The van der Waals surface area contributed by atoms with E-state index in [9.17, 15) is 13.9 Å². The number of hydrogen-bond acceptors (Lipinski definition) is 7. The second-order valence-corrected chi connectivity index (χ2v) is 12.2. The molecular weight excluding hydrogens is 550 g/mol. The molecule has 4 aliphatic rings. The molecule has 1 saturated carbocycles. The van der Waals surface area contributed by atoms with Gasteiger partial charge in [-0.1, -0.05) is 24.3 Å². The predicted octanol–water partition coefficient (Wildman–Crippen LogP) is 5.34. The van der Waals surface area contributed by atoms with Crippen molar-refractivity contribution in [1.29, 1.82) is 0 Å². The number of anilines is 1. The summed E-state index contributed by atoms with van der Waals surface area (Å²) in [5, 5.41) is 15.2. The fraction of sp³-hybridized carbons (Fsp3) is 0.419. The molecule has 42 heavy (non-hydrogen) atoms. The molecule has 2 N–H and O–H groups in total. The van der Waals surface area contributed by atoms with Crippen LogP contribution in [-0.4, -0.2) is 78.3 Å². The van der Waals surface area contributed by atoms with Gasteiger partial charge in [-0.2, -0.15) is 9.97 Å². The molecule has 4 heterocycles. The van der Waals surface area contributed by atoms with Gasteiger partial charge in [0.2, 0.25) is 0 Å². The van der Waals surface area contributed by atoms with Gasteiger partial charge in [0.15, 0.2) is 5.82 Å². The molecule has 1 aromatic heterocycles. The van der Waals surface area contributed by atoms with Crippen molar-refractivity contribution in [2.45, 2.75) is 37.3 Å². The maximum absolute atomic E-state index is 16.5. The summed E-state index contributed by atoms with van der Waals surface area (Å²) in [5.41, 5.74) is -1.73. The van der Waals surface area contributed by atoms with Crippen LogP contribution < -0.4 is 15.0 Å². The van der Waals surface area contributed by atoms with E-state index in [0.29, 0.717) is 29.7 Å². The number of benzene rings is 3. The summed E-state index contributed by atoms with van der Waals surface area (Å²) >= 11 is 0. The monoisotopic (exact) mass is 581 g/mol. The number of alkyl halides is 2. The summed E-state index contributed by atoms with van der Waals surface area (Å²) in [6, 6.07) is 11.1. The van der Waals surface area contributed by atoms with E-state index in [-0.39, 0.29) is 65.4 Å². The second-order valence-electron chi connectivity index (χ2n) is 12.2. The van der Waals surface area contributed by atoms with Crippen molar-refractivity contribution in [3.63, 3.8) is 0 Å². The Hall–Kier alpha value is -3.70. The number of nitrogens with one attached hydrogen (secondary N) is 1. The highest BCUT2D eigenvalue weighted by Crippen LogP contribution is 2.60. The molecule has 0 spiro atoms. The zero-order valence-corrected chi connectivity index (χ0v) is 23.3. The van der Waals surface area contributed by atoms with Crippen molar-refractivity contribution in [3.05, 3.63) is 54.1 Å². The fourth-order valence-corrected chi connectivity index (χ4v) is 6.72. The van der Waals surface area contributed by atoms with E-state index in [2.05, 4.69) is 15.3 Å². The molecule has 3 aliphatic heterocycles. The molecule has 4 fully saturated rings. The number of piperazine rings is 1. The van der Waals surface area contributed by atoms with Gasteiger partial charge in [-0.3, -0.25) is 0 Å². The number of piperidine rings is 2. The molecule has 11 heteroatoms. The van der Waals surface area contributed by atoms with Crippen molar-refractivity contribution in [1.82, 2.24) is 20.2 Å². The maximum atomic E-state index is 16.5. The number of halogens is 4. The maximum Gasteiger partial charge on any atom is 0.319 e. The van der Waals surface area contributed by atoms with Crippen molar-refractivity contribution in [2.24, 2.45) is 5.41 Å². The van der Waals surface area contributed by atoms with Crippen LogP contribution in [0, 0.1) is 17.0 Å². The van der Waals surface area contributed by atoms with E-state index in [1.54, 1.807) is 43.3 Å². The molecule has 4 aromatic rings. The smallest absolute Gasteiger partial charge is 0.319 e. The van der Waals surface area contributed by atoms with E-state index in [0.717, 1.165) is 12.8 Å². The van der Waals surface area contributed by atoms with Crippen LogP contribution >= 0.6 is 0 Å². The fourth-order valence-electron chi connectivity index (χ4n) is 6.72. The minimum Gasteiger partial charge on any atom is -0.508 e. The second kappa shape index (κ2) is 9.67. The zero-order valence-electron chi connectivity index (χ0n) is 23.3. The van der Waals surface area contributed by atoms with Gasteiger partial charge in [0.1, 0.15) is 29.5 Å². The third kappa shape index (κ3) is 4.41. The van der Waals surface area contributed by atoms with Gasteiger partial charge in [0.05, 0.1) is 11.0 Å². The predicted molar refractivity (Wildman–Crippen MR) is 152 cm³/mol. The van der Waals surface area contributed by atoms with Crippen LogP contribution in [0.25, 0.3) is 32.8 Å². The Morgan fingerprint density at radius 1 is 1.10 bits per heavy atom. The van der Waals surface area contributed by atoms with Crippen LogP contribution in [0.1, 0.15) is 19.3 Å². The molecule has 220 valence electrons. The first-order valence-corrected chi connectivity index (χ1v) is 14.1. The Kier molecular flexibility index (Phi) is 6.25. The first-order valence-electron chi connectivity index (χ1n) is 14.1. The van der Waals surface area contributed by atoms with Gasteiger partial charge in [0.25, 0.3) is 5.92 Å². The summed E-state index contributed by atoms with van der Waals surface area (Å²) < 4.78 is 67.3. The van der Waals surface area contributed by atoms with Crippen molar-refractivity contribution in [3.8, 4) is 22.9 Å². The number of fused-ring (bicyclic) bond motifs is 5. The number of nitrogens with zero attached hydrogens (tertiary/aromatic N) is 4. The van der Waals surface area contributed by atoms with Crippen LogP contribution in [0.4, 0.5) is 23.4 Å². The third-order valence-electron chi connectivity index (χ3n) is 8.89. The molecule has 0 radical (unpaired) electrons. The minimum atomic E-state index is -2.90. The van der Waals surface area contributed by atoms with Gasteiger partial charge in [-0.15, -0.1) is 0 Å². The SMILES string of the molecule is CN(C)C[C@@]1(COc2nc(N3C[C@@H]4CCC3CN4)c3cc(F)c(-c4cc(O)cc5ccccc45)c(F)c3n2)CC1(F)F. The average Bonchev–Trinajstić information content (AvgIpc) is 3.50. The Balaban J connectivity index is 1.38. The lowest BCUT2D eigenvalue weighted by Gasteiger charge is -2.46. The Bertz CT molecular complexity index is 1710. The summed E-state index contributed by atoms with van der Waals surface area (Å²) in [6.45, 7) is 1.05. The molecule has 1 aliphatic carbocycles. The number of phenolic OH excluding ortho intramolecular Hbond substituents is 1. The largest absolute Gasteiger partial charge is 0.508 e. The number of hydrogen-bond donors (Lipinski definition) is 2. The van der Waals surface area contributed by atoms with Gasteiger partial charge >= 0.3 is 6.01 Å². The lowest BCUT2D eigenvalue weighted by atomic mass is 9.92. The number of aromatic hydroxyl groups is 1. The standard InChI is InChI=1S/C31H31F4N5O2/c1-39(2)15-30(14-31(30,34)35)16-42-29-37-27-23(28(38-29)40-13-18-7-8-19(40)12-36-18)11-24(32)25(26(27)33)22-10-20(41)9-17-5-3-4-6-21(17)22/h3-6,9-11,18-19,36,41H,7-8,12-16H2,1-2H3/t18-,19?,30+/m0/s1. The molecule has 3 aromatic carbocycles.